The van der Waals surface area contributed by atoms with Crippen molar-refractivity contribution < 1.29 is 62.1 Å². The summed E-state index contributed by atoms with van der Waals surface area (Å²) in [5, 5.41) is 2.76. The molecule has 0 radical (unpaired) electrons. The van der Waals surface area contributed by atoms with Crippen LogP contribution in [0.5, 0.6) is 0 Å². The number of allylic oxidation sites excluding steroid dienone is 12. The zero-order valence-electron chi connectivity index (χ0n) is 41.7. The Labute approximate surface area is 447 Å². The van der Waals surface area contributed by atoms with Gasteiger partial charge in [-0.05, 0) is 134 Å². The lowest BCUT2D eigenvalue weighted by atomic mass is 9.75. The Morgan fingerprint density at radius 3 is 2.07 bits per heavy atom. The van der Waals surface area contributed by atoms with Crippen molar-refractivity contribution >= 4 is 94.7 Å². The van der Waals surface area contributed by atoms with Gasteiger partial charge in [-0.1, -0.05) is 61.4 Å². The third-order valence-corrected chi connectivity index (χ3v) is 28.5. The van der Waals surface area contributed by atoms with Crippen molar-refractivity contribution in [3.8, 4) is 0 Å². The first-order valence-corrected chi connectivity index (χ1v) is 33.9. The fraction of sp³-hybridized carbons (Fsp3) is 0.423. The summed E-state index contributed by atoms with van der Waals surface area (Å²) < 4.78 is 119. The SMILES string of the molecule is CC1(CCCC23S[SH]2(=O)S3)C(/C=C/C=C2/N(CCCCCC(=O)NCCN3C(=O)C=CC3=O)c3ccc(S(=O)(=O)O)cc3C2(C)CCCCS(=O)(=O)O)=[N+](CCCC2=C/C=C\C=C/C=C\2)c2ccc(S(=O)(=O)O)cc21. The number of hydrogen-bond donors (Lipinski definition) is 5. The van der Waals surface area contributed by atoms with Gasteiger partial charge in [-0.3, -0.25) is 37.2 Å². The summed E-state index contributed by atoms with van der Waals surface area (Å²) in [6.07, 6.45) is 28.2. The van der Waals surface area contributed by atoms with Crippen LogP contribution in [0.3, 0.4) is 0 Å². The van der Waals surface area contributed by atoms with Gasteiger partial charge in [-0.25, -0.2) is 0 Å². The Morgan fingerprint density at radius 2 is 1.39 bits per heavy atom. The summed E-state index contributed by atoms with van der Waals surface area (Å²) in [6.45, 7) is 5.09. The molecule has 3 amide bonds. The Hall–Kier alpha value is -4.72. The maximum Gasteiger partial charge on any atom is 0.294 e. The fourth-order valence-electron chi connectivity index (χ4n) is 10.6. The minimum Gasteiger partial charge on any atom is -0.354 e. The Bertz CT molecular complexity index is 3290. The predicted molar refractivity (Wildman–Crippen MR) is 295 cm³/mol. The highest BCUT2D eigenvalue weighted by Gasteiger charge is 2.80. The lowest BCUT2D eigenvalue weighted by Gasteiger charge is -2.30. The number of rotatable bonds is 26. The molecule has 2 aromatic rings. The third kappa shape index (κ3) is 12.8. The average Bonchev–Trinajstić information content (AvgIpc) is 4.04. The lowest BCUT2D eigenvalue weighted by Crippen LogP contribution is -2.38. The molecule has 17 nitrogen and oxygen atoms in total. The molecule has 2 fully saturated rings. The number of imide groups is 1. The molecule has 0 saturated carbocycles. The molecule has 5 heterocycles. The predicted octanol–water partition coefficient (Wildman–Crippen LogP) is 7.97. The van der Waals surface area contributed by atoms with Gasteiger partial charge < -0.3 is 10.2 Å². The summed E-state index contributed by atoms with van der Waals surface area (Å²) in [5.74, 6) is -1.58. The summed E-state index contributed by atoms with van der Waals surface area (Å²) in [4.78, 5) is 39.1. The van der Waals surface area contributed by atoms with Gasteiger partial charge >= 0.3 is 0 Å². The van der Waals surface area contributed by atoms with E-state index in [0.29, 0.717) is 82.1 Å². The summed E-state index contributed by atoms with van der Waals surface area (Å²) >= 11 is 0. The molecular weight excluding hydrogens is 1080 g/mol. The Balaban J connectivity index is 1.13. The van der Waals surface area contributed by atoms with Gasteiger partial charge in [-0.15, -0.1) is 0 Å². The quantitative estimate of drug-likeness (QED) is 0.0114. The van der Waals surface area contributed by atoms with Gasteiger partial charge in [-0.2, -0.15) is 29.8 Å². The van der Waals surface area contributed by atoms with Gasteiger partial charge in [0.2, 0.25) is 11.6 Å². The van der Waals surface area contributed by atoms with Crippen molar-refractivity contribution in [3.05, 3.63) is 132 Å². The normalized spacial score (nSPS) is 26.4. The highest BCUT2D eigenvalue weighted by molar-refractivity contribution is 9.38. The summed E-state index contributed by atoms with van der Waals surface area (Å²) in [6, 6.07) is 9.06. The molecule has 1 aliphatic carbocycles. The minimum atomic E-state index is -4.66. The van der Waals surface area contributed by atoms with Crippen molar-refractivity contribution in [3.63, 3.8) is 0 Å². The standard InChI is InChI=1S/C52H62N4O13S6/c1-50(28-10-12-35-72(60,61)62)41-36-39(73(63,64)65)22-24-43(41)54(32-11-6-9-21-47(57)53-31-34-56-48(58)26-27-49(56)59)45(50)19-13-20-46-51(2,29-15-30-52-70-75(52,69)71-52)42-37-40(74(66,67)68)23-25-44(42)55(46)33-14-18-38-16-7-4-3-5-8-17-38/h3-5,7-8,13,16-17,19-20,22-27,36-37,75H,6,9-12,14-15,18,21,28-35H2,1-2H3,(H3-,53,57,60,61,62,63,64,65,66,67,68)/p+1/b4-3-,5-3?,7-4?,8-5-,16-7-,17-8?,38-16?,38-17+. The van der Waals surface area contributed by atoms with Crippen LogP contribution >= 0.6 is 21.6 Å². The van der Waals surface area contributed by atoms with E-state index in [-0.39, 0.29) is 45.0 Å². The molecule has 2 saturated heterocycles. The number of amides is 3. The van der Waals surface area contributed by atoms with E-state index in [9.17, 15) is 57.5 Å². The molecule has 2 aromatic carbocycles. The topological polar surface area (TPSA) is 253 Å². The monoisotopic (exact) mass is 1140 g/mol. The van der Waals surface area contributed by atoms with Crippen molar-refractivity contribution in [2.45, 2.75) is 115 Å². The molecule has 8 rings (SSSR count). The van der Waals surface area contributed by atoms with Crippen molar-refractivity contribution in [1.82, 2.24) is 10.2 Å². The van der Waals surface area contributed by atoms with Crippen LogP contribution in [-0.2, 0) is 63.6 Å². The molecule has 5 aliphatic heterocycles. The van der Waals surface area contributed by atoms with E-state index in [0.717, 1.165) is 39.6 Å². The van der Waals surface area contributed by atoms with Crippen molar-refractivity contribution in [2.75, 3.05) is 36.8 Å². The van der Waals surface area contributed by atoms with E-state index in [4.69, 9.17) is 0 Å². The van der Waals surface area contributed by atoms with Crippen LogP contribution in [0.25, 0.3) is 0 Å². The molecule has 23 heteroatoms. The van der Waals surface area contributed by atoms with E-state index in [1.54, 1.807) is 18.2 Å². The molecule has 2 unspecified atom stereocenters. The second kappa shape index (κ2) is 22.3. The molecule has 4 N–H and O–H groups in total. The van der Waals surface area contributed by atoms with Gasteiger partial charge in [0.1, 0.15) is 6.54 Å². The molecule has 2 atom stereocenters. The number of unbranched alkanes of at least 4 members (excludes halogenated alkanes) is 3. The number of fused-ring (bicyclic) bond motifs is 3. The highest BCUT2D eigenvalue weighted by atomic mass is 33.6. The lowest BCUT2D eigenvalue weighted by molar-refractivity contribution is -0.438. The third-order valence-electron chi connectivity index (χ3n) is 14.7. The maximum atomic E-state index is 12.9. The van der Waals surface area contributed by atoms with E-state index < -0.39 is 66.7 Å². The molecule has 0 bridgehead atoms. The van der Waals surface area contributed by atoms with Crippen LogP contribution in [0.15, 0.2) is 130 Å². The first-order chi connectivity index (χ1) is 35.4. The molecule has 404 valence electrons. The van der Waals surface area contributed by atoms with Gasteiger partial charge in [0.05, 0.1) is 21.0 Å². The smallest absolute Gasteiger partial charge is 0.294 e. The molecule has 0 aromatic heterocycles. The fourth-order valence-corrected chi connectivity index (χ4v) is 22.8. The van der Waals surface area contributed by atoms with Crippen LogP contribution in [0.1, 0.15) is 102 Å². The van der Waals surface area contributed by atoms with Gasteiger partial charge in [0.25, 0.3) is 42.2 Å². The minimum absolute atomic E-state index is 0.0519. The van der Waals surface area contributed by atoms with Crippen molar-refractivity contribution in [2.24, 2.45) is 0 Å². The average molecular weight is 1140 g/mol. The zero-order valence-corrected chi connectivity index (χ0v) is 46.6. The number of thiol groups is 1. The van der Waals surface area contributed by atoms with E-state index in [2.05, 4.69) is 33.9 Å². The van der Waals surface area contributed by atoms with E-state index >= 15 is 0 Å². The van der Waals surface area contributed by atoms with Gasteiger partial charge in [0, 0.05) is 87.1 Å². The number of carbonyl (C=O) groups excluding carboxylic acids is 3. The largest absolute Gasteiger partial charge is 0.354 e. The second-order valence-electron chi connectivity index (χ2n) is 19.9. The Morgan fingerprint density at radius 1 is 0.733 bits per heavy atom. The second-order valence-corrected chi connectivity index (χ2v) is 33.5. The van der Waals surface area contributed by atoms with Crippen molar-refractivity contribution in [1.29, 1.82) is 0 Å². The number of nitrogens with zero attached hydrogens (tertiary/aromatic N) is 3. The zero-order chi connectivity index (χ0) is 54.0. The van der Waals surface area contributed by atoms with Gasteiger partial charge in [0.15, 0.2) is 9.12 Å². The molecular formula is C52H63N4O13S6+. The number of carbonyl (C=O) groups is 3. The van der Waals surface area contributed by atoms with E-state index in [1.165, 1.54) is 51.9 Å². The number of nitrogens with one attached hydrogen (secondary N) is 1. The van der Waals surface area contributed by atoms with Crippen LogP contribution in [0.4, 0.5) is 11.4 Å². The molecule has 0 spiro atoms. The summed E-state index contributed by atoms with van der Waals surface area (Å²) in [5.41, 5.74) is 3.69. The van der Waals surface area contributed by atoms with Crippen LogP contribution in [-0.4, -0.2) is 111 Å². The molecule has 75 heavy (non-hydrogen) atoms. The molecule has 6 aliphatic rings. The first kappa shape index (κ1) is 56.5. The number of anilines is 1. The first-order valence-electron chi connectivity index (χ1n) is 24.9. The van der Waals surface area contributed by atoms with Crippen LogP contribution in [0.2, 0.25) is 0 Å². The Kier molecular flexibility index (Phi) is 16.8. The maximum absolute atomic E-state index is 12.9. The van der Waals surface area contributed by atoms with Crippen LogP contribution in [0, 0.1) is 0 Å². The summed E-state index contributed by atoms with van der Waals surface area (Å²) in [7, 11) is -12.7. The number of hydrogen-bond acceptors (Lipinski definition) is 13. The highest BCUT2D eigenvalue weighted by Crippen LogP contribution is 2.94. The number of benzene rings is 2. The van der Waals surface area contributed by atoms with Crippen LogP contribution < -0.4 is 10.2 Å². The van der Waals surface area contributed by atoms with E-state index in [1.807, 2.05) is 55.5 Å².